The zero-order valence-electron chi connectivity index (χ0n) is 4.85. The molecule has 1 atom stereocenters. The van der Waals surface area contributed by atoms with E-state index in [0.717, 1.165) is 0 Å². The van der Waals surface area contributed by atoms with Gasteiger partial charge in [-0.05, 0) is 12.3 Å². The molecule has 1 unspecified atom stereocenters. The second-order valence-corrected chi connectivity index (χ2v) is 1.52. The summed E-state index contributed by atoms with van der Waals surface area (Å²) in [4.78, 5) is 10.4. The van der Waals surface area contributed by atoms with Gasteiger partial charge < -0.3 is 5.73 Å². The largest absolute Gasteiger partial charge is 0.321 e. The third-order valence-electron chi connectivity index (χ3n) is 0.919. The van der Waals surface area contributed by atoms with Crippen LogP contribution in [0.25, 0.3) is 0 Å². The van der Waals surface area contributed by atoms with Crippen molar-refractivity contribution in [3.8, 4) is 12.3 Å². The van der Waals surface area contributed by atoms with Gasteiger partial charge >= 0.3 is 0 Å². The molecule has 44 valence electrons. The maximum Gasteiger partial charge on any atom is 0.221 e. The Kier molecular flexibility index (Phi) is 2.90. The third kappa shape index (κ3) is 1.76. The number of ketones is 1. The van der Waals surface area contributed by atoms with Crippen LogP contribution in [0.5, 0.6) is 0 Å². The smallest absolute Gasteiger partial charge is 0.221 e. The lowest BCUT2D eigenvalue weighted by Crippen LogP contribution is -2.27. The van der Waals surface area contributed by atoms with Crippen LogP contribution in [-0.4, -0.2) is 11.8 Å². The molecule has 0 aromatic heterocycles. The monoisotopic (exact) mass is 111 g/mol. The Morgan fingerprint density at radius 1 is 2.00 bits per heavy atom. The van der Waals surface area contributed by atoms with Gasteiger partial charge in [0.1, 0.15) is 0 Å². The molecule has 0 amide bonds. The van der Waals surface area contributed by atoms with Crippen molar-refractivity contribution in [2.45, 2.75) is 19.4 Å². The van der Waals surface area contributed by atoms with E-state index in [0.29, 0.717) is 6.42 Å². The summed E-state index contributed by atoms with van der Waals surface area (Å²) in [6, 6.07) is -0.458. The molecule has 2 heteroatoms. The van der Waals surface area contributed by atoms with Crippen LogP contribution in [0, 0.1) is 12.3 Å². The average Bonchev–Trinajstić information content (AvgIpc) is 1.84. The van der Waals surface area contributed by atoms with Crippen molar-refractivity contribution >= 4 is 5.78 Å². The van der Waals surface area contributed by atoms with Gasteiger partial charge in [-0.1, -0.05) is 6.92 Å². The quantitative estimate of drug-likeness (QED) is 0.400. The van der Waals surface area contributed by atoms with Crippen LogP contribution in [0.15, 0.2) is 0 Å². The van der Waals surface area contributed by atoms with Gasteiger partial charge in [-0.15, -0.1) is 6.42 Å². The maximum absolute atomic E-state index is 10.4. The second-order valence-electron chi connectivity index (χ2n) is 1.52. The predicted molar refractivity (Wildman–Crippen MR) is 32.1 cm³/mol. The molecule has 0 aliphatic heterocycles. The van der Waals surface area contributed by atoms with Crippen LogP contribution in [0.2, 0.25) is 0 Å². The van der Waals surface area contributed by atoms with Gasteiger partial charge in [-0.2, -0.15) is 0 Å². The molecule has 0 radical (unpaired) electrons. The van der Waals surface area contributed by atoms with Gasteiger partial charge in [0, 0.05) is 0 Å². The summed E-state index contributed by atoms with van der Waals surface area (Å²) in [5.41, 5.74) is 5.23. The van der Waals surface area contributed by atoms with Crippen LogP contribution in [0.1, 0.15) is 13.3 Å². The number of Topliss-reactive ketones (excluding diaryl/α,β-unsaturated/α-hetero) is 1. The first-order valence-electron chi connectivity index (χ1n) is 2.48. The average molecular weight is 111 g/mol. The fraction of sp³-hybridized carbons (Fsp3) is 0.500. The van der Waals surface area contributed by atoms with Crippen molar-refractivity contribution in [2.75, 3.05) is 0 Å². The lowest BCUT2D eigenvalue weighted by atomic mass is 10.2. The normalized spacial score (nSPS) is 12.1. The molecule has 0 aromatic rings. The first-order chi connectivity index (χ1) is 3.72. The van der Waals surface area contributed by atoms with E-state index in [9.17, 15) is 4.79 Å². The Bertz CT molecular complexity index is 123. The molecule has 0 saturated carbocycles. The Labute approximate surface area is 49.1 Å². The number of terminal acetylenes is 1. The zero-order valence-corrected chi connectivity index (χ0v) is 4.85. The standard InChI is InChI=1S/C6H9NO/c1-3-5(7)6(8)4-2/h2,5H,3,7H2,1H3. The van der Waals surface area contributed by atoms with E-state index in [2.05, 4.69) is 0 Å². The van der Waals surface area contributed by atoms with Crippen molar-refractivity contribution in [1.82, 2.24) is 0 Å². The summed E-state index contributed by atoms with van der Waals surface area (Å²) in [5.74, 6) is 1.64. The molecule has 0 rings (SSSR count). The minimum absolute atomic E-state index is 0.312. The van der Waals surface area contributed by atoms with Crippen LogP contribution >= 0.6 is 0 Å². The molecule has 0 saturated heterocycles. The maximum atomic E-state index is 10.4. The second kappa shape index (κ2) is 3.23. The minimum Gasteiger partial charge on any atom is -0.321 e. The number of carbonyl (C=O) groups is 1. The fourth-order valence-electron chi connectivity index (χ4n) is 0.292. The van der Waals surface area contributed by atoms with E-state index in [-0.39, 0.29) is 5.78 Å². The number of hydrogen-bond donors (Lipinski definition) is 1. The molecular formula is C6H9NO. The SMILES string of the molecule is C#CC(=O)C(N)CC. The zero-order chi connectivity index (χ0) is 6.57. The van der Waals surface area contributed by atoms with Crippen LogP contribution in [-0.2, 0) is 4.79 Å². The van der Waals surface area contributed by atoms with Crippen molar-refractivity contribution in [3.63, 3.8) is 0 Å². The Morgan fingerprint density at radius 2 is 2.50 bits per heavy atom. The Morgan fingerprint density at radius 3 is 2.62 bits per heavy atom. The van der Waals surface area contributed by atoms with Crippen molar-refractivity contribution in [3.05, 3.63) is 0 Å². The van der Waals surface area contributed by atoms with Crippen molar-refractivity contribution in [1.29, 1.82) is 0 Å². The highest BCUT2D eigenvalue weighted by Crippen LogP contribution is 1.84. The predicted octanol–water partition coefficient (Wildman–Crippen LogP) is -0.0740. The number of nitrogens with two attached hydrogens (primary N) is 1. The Hall–Kier alpha value is -0.810. The van der Waals surface area contributed by atoms with E-state index >= 15 is 0 Å². The first-order valence-corrected chi connectivity index (χ1v) is 2.48. The van der Waals surface area contributed by atoms with Gasteiger partial charge in [0.15, 0.2) is 0 Å². The van der Waals surface area contributed by atoms with Crippen LogP contribution in [0.3, 0.4) is 0 Å². The van der Waals surface area contributed by atoms with Gasteiger partial charge in [0.2, 0.25) is 5.78 Å². The summed E-state index contributed by atoms with van der Waals surface area (Å²) in [7, 11) is 0. The van der Waals surface area contributed by atoms with E-state index in [1.807, 2.05) is 12.8 Å². The van der Waals surface area contributed by atoms with E-state index in [1.54, 1.807) is 0 Å². The molecule has 0 fully saturated rings. The molecule has 8 heavy (non-hydrogen) atoms. The van der Waals surface area contributed by atoms with Crippen molar-refractivity contribution < 1.29 is 4.79 Å². The van der Waals surface area contributed by atoms with E-state index in [1.165, 1.54) is 0 Å². The fourth-order valence-corrected chi connectivity index (χ4v) is 0.292. The number of carbonyl (C=O) groups excluding carboxylic acids is 1. The molecule has 0 spiro atoms. The molecular weight excluding hydrogens is 102 g/mol. The van der Waals surface area contributed by atoms with Crippen LogP contribution < -0.4 is 5.73 Å². The summed E-state index contributed by atoms with van der Waals surface area (Å²) < 4.78 is 0. The molecule has 2 nitrogen and oxygen atoms in total. The van der Waals surface area contributed by atoms with Crippen LogP contribution in [0.4, 0.5) is 0 Å². The lowest BCUT2D eigenvalue weighted by molar-refractivity contribution is -0.115. The molecule has 0 aliphatic carbocycles. The molecule has 0 bridgehead atoms. The first kappa shape index (κ1) is 7.19. The van der Waals surface area contributed by atoms with E-state index < -0.39 is 6.04 Å². The number of rotatable bonds is 2. The highest BCUT2D eigenvalue weighted by atomic mass is 16.1. The lowest BCUT2D eigenvalue weighted by Gasteiger charge is -1.98. The third-order valence-corrected chi connectivity index (χ3v) is 0.919. The molecule has 0 heterocycles. The summed E-state index contributed by atoms with van der Waals surface area (Å²) in [6.45, 7) is 1.82. The van der Waals surface area contributed by atoms with Gasteiger partial charge in [0.05, 0.1) is 6.04 Å². The van der Waals surface area contributed by atoms with Gasteiger partial charge in [0.25, 0.3) is 0 Å². The minimum atomic E-state index is -0.458. The van der Waals surface area contributed by atoms with E-state index in [4.69, 9.17) is 12.2 Å². The summed E-state index contributed by atoms with van der Waals surface area (Å²) >= 11 is 0. The molecule has 0 aromatic carbocycles. The summed E-state index contributed by atoms with van der Waals surface area (Å²) in [6.07, 6.45) is 5.38. The topological polar surface area (TPSA) is 43.1 Å². The van der Waals surface area contributed by atoms with Gasteiger partial charge in [-0.3, -0.25) is 4.79 Å². The molecule has 0 aliphatic rings. The van der Waals surface area contributed by atoms with Gasteiger partial charge in [-0.25, -0.2) is 0 Å². The molecule has 2 N–H and O–H groups in total. The summed E-state index contributed by atoms with van der Waals surface area (Å²) in [5, 5.41) is 0. The van der Waals surface area contributed by atoms with Crippen molar-refractivity contribution in [2.24, 2.45) is 5.73 Å². The Balaban J connectivity index is 3.68. The highest BCUT2D eigenvalue weighted by Gasteiger charge is 2.05. The highest BCUT2D eigenvalue weighted by molar-refractivity contribution is 5.98. The number of hydrogen-bond acceptors (Lipinski definition) is 2.